The van der Waals surface area contributed by atoms with Gasteiger partial charge >= 0.3 is 0 Å². The summed E-state index contributed by atoms with van der Waals surface area (Å²) in [6, 6.07) is 65.2. The Bertz CT molecular complexity index is 3100. The summed E-state index contributed by atoms with van der Waals surface area (Å²) in [5.41, 5.74) is 18.4. The predicted molar refractivity (Wildman–Crippen MR) is 268 cm³/mol. The van der Waals surface area contributed by atoms with Crippen LogP contribution in [0.15, 0.2) is 170 Å². The molecular weight excluding hydrogens is 761 g/mol. The Balaban J connectivity index is 1.12. The van der Waals surface area contributed by atoms with Crippen LogP contribution >= 0.6 is 0 Å². The molecule has 0 bridgehead atoms. The first-order chi connectivity index (χ1) is 31.0. The highest BCUT2D eigenvalue weighted by molar-refractivity contribution is 6.10. The van der Waals surface area contributed by atoms with Gasteiger partial charge in [0.2, 0.25) is 0 Å². The van der Waals surface area contributed by atoms with Gasteiger partial charge in [-0.1, -0.05) is 168 Å². The fourth-order valence-corrected chi connectivity index (χ4v) is 12.2. The highest BCUT2D eigenvalue weighted by Crippen LogP contribution is 2.53. The van der Waals surface area contributed by atoms with Gasteiger partial charge in [0.15, 0.2) is 0 Å². The lowest BCUT2D eigenvalue weighted by atomic mass is 9.79. The molecule has 0 saturated heterocycles. The van der Waals surface area contributed by atoms with Crippen LogP contribution in [0.25, 0.3) is 60.5 Å². The molecule has 8 aromatic carbocycles. The minimum absolute atomic E-state index is 0.0638. The van der Waals surface area contributed by atoms with Crippen molar-refractivity contribution in [1.29, 1.82) is 0 Å². The number of para-hydroxylation sites is 2. The zero-order valence-electron chi connectivity index (χ0n) is 36.8. The highest BCUT2D eigenvalue weighted by atomic mass is 15.1. The molecule has 9 aromatic rings. The van der Waals surface area contributed by atoms with Crippen molar-refractivity contribution in [2.75, 3.05) is 4.90 Å². The van der Waals surface area contributed by atoms with Crippen LogP contribution in [0.2, 0.25) is 0 Å². The van der Waals surface area contributed by atoms with E-state index in [-0.39, 0.29) is 5.41 Å². The second-order valence-electron chi connectivity index (χ2n) is 19.4. The largest absolute Gasteiger partial charge is 0.310 e. The van der Waals surface area contributed by atoms with Crippen molar-refractivity contribution in [2.24, 2.45) is 0 Å². The summed E-state index contributed by atoms with van der Waals surface area (Å²) in [5, 5.41) is 5.08. The molecule has 0 N–H and O–H groups in total. The van der Waals surface area contributed by atoms with Crippen LogP contribution < -0.4 is 4.90 Å². The van der Waals surface area contributed by atoms with Gasteiger partial charge in [-0.2, -0.15) is 0 Å². The molecule has 3 aliphatic rings. The van der Waals surface area contributed by atoms with Crippen LogP contribution in [0.3, 0.4) is 0 Å². The van der Waals surface area contributed by atoms with Crippen molar-refractivity contribution < 1.29 is 0 Å². The van der Waals surface area contributed by atoms with E-state index in [0.717, 1.165) is 0 Å². The minimum Gasteiger partial charge on any atom is -0.310 e. The van der Waals surface area contributed by atoms with Gasteiger partial charge in [0.25, 0.3) is 0 Å². The topological polar surface area (TPSA) is 8.17 Å². The molecule has 1 aromatic heterocycles. The highest BCUT2D eigenvalue weighted by Gasteiger charge is 2.36. The zero-order valence-corrected chi connectivity index (χ0v) is 36.8. The summed E-state index contributed by atoms with van der Waals surface area (Å²) >= 11 is 0. The van der Waals surface area contributed by atoms with Crippen molar-refractivity contribution in [1.82, 2.24) is 4.57 Å². The first-order valence-electron chi connectivity index (χ1n) is 23.8. The van der Waals surface area contributed by atoms with Gasteiger partial charge < -0.3 is 9.47 Å². The van der Waals surface area contributed by atoms with Gasteiger partial charge in [0.05, 0.1) is 16.7 Å². The second-order valence-corrected chi connectivity index (χ2v) is 19.4. The molecule has 0 aliphatic heterocycles. The van der Waals surface area contributed by atoms with Gasteiger partial charge in [-0.15, -0.1) is 0 Å². The monoisotopic (exact) mass is 816 g/mol. The molecule has 0 amide bonds. The molecular formula is C61H56N2. The van der Waals surface area contributed by atoms with Crippen molar-refractivity contribution in [3.8, 4) is 27.9 Å². The van der Waals surface area contributed by atoms with E-state index in [4.69, 9.17) is 0 Å². The Morgan fingerprint density at radius 3 is 1.76 bits per heavy atom. The Kier molecular flexibility index (Phi) is 9.40. The number of anilines is 3. The molecule has 0 spiro atoms. The Hall–Kier alpha value is -6.38. The number of aromatic nitrogens is 1. The van der Waals surface area contributed by atoms with Crippen molar-refractivity contribution in [3.63, 3.8) is 0 Å². The van der Waals surface area contributed by atoms with Crippen LogP contribution in [0.5, 0.6) is 0 Å². The number of fused-ring (bicyclic) bond motifs is 7. The normalized spacial score (nSPS) is 16.4. The fourth-order valence-electron chi connectivity index (χ4n) is 12.2. The van der Waals surface area contributed by atoms with Gasteiger partial charge in [0, 0.05) is 38.8 Å². The van der Waals surface area contributed by atoms with E-state index in [9.17, 15) is 0 Å². The predicted octanol–water partition coefficient (Wildman–Crippen LogP) is 17.5. The molecule has 2 fully saturated rings. The Morgan fingerprint density at radius 2 is 1.06 bits per heavy atom. The summed E-state index contributed by atoms with van der Waals surface area (Å²) in [6.07, 6.45) is 13.2. The maximum Gasteiger partial charge on any atom is 0.0546 e. The van der Waals surface area contributed by atoms with Crippen molar-refractivity contribution >= 4 is 49.6 Å². The maximum atomic E-state index is 2.65. The summed E-state index contributed by atoms with van der Waals surface area (Å²) in [5.74, 6) is 1.21. The molecule has 1 heterocycles. The molecule has 2 saturated carbocycles. The van der Waals surface area contributed by atoms with E-state index >= 15 is 0 Å². The number of nitrogens with zero attached hydrogens (tertiary/aromatic N) is 2. The number of hydrogen-bond donors (Lipinski definition) is 0. The van der Waals surface area contributed by atoms with Gasteiger partial charge in [0.1, 0.15) is 0 Å². The van der Waals surface area contributed by atoms with Gasteiger partial charge in [-0.3, -0.25) is 0 Å². The molecule has 0 radical (unpaired) electrons. The molecule has 63 heavy (non-hydrogen) atoms. The standard InChI is InChI=1S/C61H56N2/c1-61(2)55-29-14-11-26-51(55)54-40-48(33-34-56(54)61)62(49-38-45(41-18-5-3-6-19-41)36-46(39-49)42-20-7-4-8-21-42)59-35-32-43-22-9-10-25-50(43)60(59)44-23-17-24-47(37-44)63-57-30-15-12-27-52(57)53-28-13-16-31-58(53)63/h9-17,22-42H,3-8,18-21H2,1-2H3. The average Bonchev–Trinajstić information content (AvgIpc) is 3.80. The number of hydrogen-bond acceptors (Lipinski definition) is 1. The Labute approximate surface area is 372 Å². The van der Waals surface area contributed by atoms with E-state index in [2.05, 4.69) is 193 Å². The Morgan fingerprint density at radius 1 is 0.460 bits per heavy atom. The third-order valence-electron chi connectivity index (χ3n) is 15.3. The lowest BCUT2D eigenvalue weighted by Crippen LogP contribution is -2.16. The quantitative estimate of drug-likeness (QED) is 0.156. The molecule has 12 rings (SSSR count). The first kappa shape index (κ1) is 38.3. The van der Waals surface area contributed by atoms with Crippen LogP contribution in [-0.4, -0.2) is 4.57 Å². The third kappa shape index (κ3) is 6.44. The van der Waals surface area contributed by atoms with E-state index < -0.39 is 0 Å². The lowest BCUT2D eigenvalue weighted by Gasteiger charge is -2.33. The zero-order chi connectivity index (χ0) is 42.1. The van der Waals surface area contributed by atoms with E-state index in [1.165, 1.54) is 153 Å². The van der Waals surface area contributed by atoms with Gasteiger partial charge in [-0.25, -0.2) is 0 Å². The molecule has 0 atom stereocenters. The van der Waals surface area contributed by atoms with Crippen LogP contribution in [0.4, 0.5) is 17.1 Å². The number of benzene rings is 8. The molecule has 2 nitrogen and oxygen atoms in total. The van der Waals surface area contributed by atoms with E-state index in [0.29, 0.717) is 11.8 Å². The van der Waals surface area contributed by atoms with Crippen LogP contribution in [0.1, 0.15) is 112 Å². The smallest absolute Gasteiger partial charge is 0.0546 e. The summed E-state index contributed by atoms with van der Waals surface area (Å²) < 4.78 is 2.46. The van der Waals surface area contributed by atoms with Crippen LogP contribution in [0, 0.1) is 0 Å². The molecule has 310 valence electrons. The average molecular weight is 817 g/mol. The second kappa shape index (κ2) is 15.5. The molecule has 0 unspecified atom stereocenters. The van der Waals surface area contributed by atoms with Crippen LogP contribution in [-0.2, 0) is 5.41 Å². The number of rotatable bonds is 7. The third-order valence-corrected chi connectivity index (χ3v) is 15.3. The lowest BCUT2D eigenvalue weighted by molar-refractivity contribution is 0.435. The van der Waals surface area contributed by atoms with E-state index in [1.807, 2.05) is 0 Å². The van der Waals surface area contributed by atoms with Crippen molar-refractivity contribution in [3.05, 3.63) is 192 Å². The van der Waals surface area contributed by atoms with Crippen molar-refractivity contribution in [2.45, 2.75) is 95.3 Å². The van der Waals surface area contributed by atoms with E-state index in [1.54, 1.807) is 11.1 Å². The minimum atomic E-state index is -0.0638. The van der Waals surface area contributed by atoms with Gasteiger partial charge in [-0.05, 0) is 142 Å². The fraction of sp³-hybridized carbons (Fsp3) is 0.246. The molecule has 3 aliphatic carbocycles. The summed E-state index contributed by atoms with van der Waals surface area (Å²) in [7, 11) is 0. The SMILES string of the molecule is CC1(C)c2ccccc2-c2cc(N(c3cc(C4CCCCC4)cc(C4CCCCC4)c3)c3ccc4ccccc4c3-c3cccc(-n4c5ccccc5c5ccccc54)c3)ccc21. The maximum absolute atomic E-state index is 2.65. The summed E-state index contributed by atoms with van der Waals surface area (Å²) in [4.78, 5) is 2.65. The first-order valence-corrected chi connectivity index (χ1v) is 23.8. The molecule has 2 heteroatoms. The summed E-state index contributed by atoms with van der Waals surface area (Å²) in [6.45, 7) is 4.79.